The van der Waals surface area contributed by atoms with Crippen molar-refractivity contribution >= 4 is 33.6 Å². The van der Waals surface area contributed by atoms with E-state index in [1.807, 2.05) is 52.8 Å². The smallest absolute Gasteiger partial charge is 0.315 e. The normalized spacial score (nSPS) is 22.9. The Labute approximate surface area is 224 Å². The van der Waals surface area contributed by atoms with E-state index in [1.54, 1.807) is 12.4 Å². The number of fused-ring (bicyclic) bond motifs is 3. The lowest BCUT2D eigenvalue weighted by atomic mass is 9.55. The number of ether oxygens (including phenoxy) is 4. The zero-order valence-corrected chi connectivity index (χ0v) is 23.2. The fourth-order valence-electron chi connectivity index (χ4n) is 5.28. The summed E-state index contributed by atoms with van der Waals surface area (Å²) < 4.78 is 24.5. The summed E-state index contributed by atoms with van der Waals surface area (Å²) in [7, 11) is 0. The Morgan fingerprint density at radius 2 is 1.78 bits per heavy atom. The average Bonchev–Trinajstić information content (AvgIpc) is 3.15. The molecule has 1 fully saturated rings. The highest BCUT2D eigenvalue weighted by Gasteiger charge is 2.71. The first-order valence-corrected chi connectivity index (χ1v) is 13.0. The molecule has 1 atom stereocenters. The quantitative estimate of drug-likeness (QED) is 0.388. The van der Waals surface area contributed by atoms with Crippen LogP contribution in [-0.4, -0.2) is 58.6 Å². The maximum atomic E-state index is 12.9. The predicted octanol–water partition coefficient (Wildman–Crippen LogP) is 4.21. The topological polar surface area (TPSA) is 109 Å². The van der Waals surface area contributed by atoms with Crippen LogP contribution in [0.3, 0.4) is 0 Å². The lowest BCUT2D eigenvalue weighted by molar-refractivity contribution is -0.247. The Hall–Kier alpha value is -2.85. The van der Waals surface area contributed by atoms with Gasteiger partial charge in [0.05, 0.1) is 23.1 Å². The Morgan fingerprint density at radius 3 is 2.41 bits per heavy atom. The van der Waals surface area contributed by atoms with E-state index >= 15 is 0 Å². The van der Waals surface area contributed by atoms with Gasteiger partial charge in [0.1, 0.15) is 35.5 Å². The van der Waals surface area contributed by atoms with Gasteiger partial charge in [0.2, 0.25) is 5.78 Å². The Kier molecular flexibility index (Phi) is 6.18. The number of carbonyl (C=O) groups is 2. The van der Waals surface area contributed by atoms with E-state index in [9.17, 15) is 9.59 Å². The first kappa shape index (κ1) is 25.8. The first-order valence-electron chi connectivity index (χ1n) is 12.2. The number of ketones is 1. The summed E-state index contributed by atoms with van der Waals surface area (Å²) in [4.78, 5) is 38.8. The average molecular weight is 572 g/mol. The lowest BCUT2D eigenvalue weighted by Crippen LogP contribution is -2.71. The van der Waals surface area contributed by atoms with Gasteiger partial charge in [-0.3, -0.25) is 9.59 Å². The molecule has 1 aromatic heterocycles. The molecule has 5 rings (SSSR count). The molecule has 0 saturated carbocycles. The third-order valence-corrected chi connectivity index (χ3v) is 7.62. The van der Waals surface area contributed by atoms with Crippen LogP contribution < -0.4 is 4.74 Å². The summed E-state index contributed by atoms with van der Waals surface area (Å²) >= 11 is 3.29. The molecule has 3 aliphatic heterocycles. The second kappa shape index (κ2) is 8.87. The molecule has 0 N–H and O–H groups in total. The van der Waals surface area contributed by atoms with Gasteiger partial charge in [-0.2, -0.15) is 0 Å². The van der Waals surface area contributed by atoms with Crippen LogP contribution >= 0.6 is 15.9 Å². The van der Waals surface area contributed by atoms with Gasteiger partial charge in [-0.25, -0.2) is 15.0 Å². The number of halogens is 1. The van der Waals surface area contributed by atoms with Crippen LogP contribution in [0.5, 0.6) is 5.75 Å². The summed E-state index contributed by atoms with van der Waals surface area (Å²) in [6, 6.07) is 5.69. The molecule has 3 aliphatic rings. The van der Waals surface area contributed by atoms with Gasteiger partial charge in [0.15, 0.2) is 11.7 Å². The standard InChI is InChI=1S/C27H30BrN3O6/c1-24(2,3)37-22(33)10-21-31-27(15-35-21)18-8-16(9-19(32)23-29-11-17(28)12-30-23)6-7-20(18)36-25(4,5)26(27)13-34-14-26/h6-8,11-12H,9-10,13-15H2,1-5H3. The van der Waals surface area contributed by atoms with Crippen LogP contribution in [0.4, 0.5) is 0 Å². The molecule has 9 nitrogen and oxygen atoms in total. The van der Waals surface area contributed by atoms with Crippen LogP contribution in [0.15, 0.2) is 40.1 Å². The van der Waals surface area contributed by atoms with E-state index in [2.05, 4.69) is 25.9 Å². The summed E-state index contributed by atoms with van der Waals surface area (Å²) in [5.41, 5.74) is -0.979. The van der Waals surface area contributed by atoms with Crippen molar-refractivity contribution in [3.63, 3.8) is 0 Å². The summed E-state index contributed by atoms with van der Waals surface area (Å²) in [6.07, 6.45) is 3.16. The molecule has 10 heteroatoms. The second-order valence-electron chi connectivity index (χ2n) is 11.3. The van der Waals surface area contributed by atoms with Crippen LogP contribution in [0.25, 0.3) is 0 Å². The number of Topliss-reactive ketones (excluding diaryl/α,β-unsaturated/α-hetero) is 1. The number of benzene rings is 1. The minimum Gasteiger partial charge on any atom is -0.487 e. The van der Waals surface area contributed by atoms with Crippen molar-refractivity contribution in [2.24, 2.45) is 10.4 Å². The van der Waals surface area contributed by atoms with Crippen LogP contribution in [0.1, 0.15) is 62.8 Å². The number of esters is 1. The van der Waals surface area contributed by atoms with E-state index in [-0.39, 0.29) is 31.1 Å². The SMILES string of the molecule is CC(C)(C)OC(=O)CC1=NC2(CO1)c1cc(CC(=O)c3ncc(Br)cn3)ccc1OC(C)(C)C21COC1. The van der Waals surface area contributed by atoms with Gasteiger partial charge in [0, 0.05) is 24.4 Å². The third kappa shape index (κ3) is 4.44. The number of aromatic nitrogens is 2. The van der Waals surface area contributed by atoms with Gasteiger partial charge in [0.25, 0.3) is 0 Å². The molecule has 37 heavy (non-hydrogen) atoms. The maximum Gasteiger partial charge on any atom is 0.315 e. The number of aliphatic imine (C=N–C) groups is 1. The van der Waals surface area contributed by atoms with E-state index < -0.39 is 28.1 Å². The molecular weight excluding hydrogens is 542 g/mol. The summed E-state index contributed by atoms with van der Waals surface area (Å²) in [5.74, 6) is 0.553. The van der Waals surface area contributed by atoms with Gasteiger partial charge in [-0.15, -0.1) is 0 Å². The van der Waals surface area contributed by atoms with E-state index in [0.29, 0.717) is 29.3 Å². The summed E-state index contributed by atoms with van der Waals surface area (Å²) in [5, 5.41) is 0. The van der Waals surface area contributed by atoms with Gasteiger partial charge in [-0.05, 0) is 68.2 Å². The van der Waals surface area contributed by atoms with Crippen LogP contribution in [0, 0.1) is 5.41 Å². The molecule has 0 amide bonds. The number of carbonyl (C=O) groups excluding carboxylic acids is 2. The van der Waals surface area contributed by atoms with E-state index in [0.717, 1.165) is 11.1 Å². The van der Waals surface area contributed by atoms with E-state index in [1.165, 1.54) is 0 Å². The molecular formula is C27H30BrN3O6. The number of hydrogen-bond acceptors (Lipinski definition) is 9. The molecule has 4 heterocycles. The highest BCUT2D eigenvalue weighted by Crippen LogP contribution is 2.62. The first-order chi connectivity index (χ1) is 17.3. The zero-order valence-electron chi connectivity index (χ0n) is 21.6. The van der Waals surface area contributed by atoms with Crippen molar-refractivity contribution in [3.05, 3.63) is 52.0 Å². The van der Waals surface area contributed by atoms with Crippen molar-refractivity contribution in [1.29, 1.82) is 0 Å². The highest BCUT2D eigenvalue weighted by molar-refractivity contribution is 9.10. The number of hydrogen-bond donors (Lipinski definition) is 0. The largest absolute Gasteiger partial charge is 0.487 e. The van der Waals surface area contributed by atoms with Crippen molar-refractivity contribution in [2.75, 3.05) is 19.8 Å². The van der Waals surface area contributed by atoms with Gasteiger partial charge < -0.3 is 18.9 Å². The Bertz CT molecular complexity index is 1280. The maximum absolute atomic E-state index is 12.9. The molecule has 0 aliphatic carbocycles. The lowest BCUT2D eigenvalue weighted by Gasteiger charge is -2.61. The Morgan fingerprint density at radius 1 is 1.08 bits per heavy atom. The van der Waals surface area contributed by atoms with Gasteiger partial charge >= 0.3 is 5.97 Å². The minimum atomic E-state index is -0.840. The molecule has 2 aromatic rings. The van der Waals surface area contributed by atoms with Crippen molar-refractivity contribution in [2.45, 2.75) is 64.2 Å². The minimum absolute atomic E-state index is 0.0638. The number of nitrogens with zero attached hydrogens (tertiary/aromatic N) is 3. The van der Waals surface area contributed by atoms with Crippen molar-refractivity contribution in [1.82, 2.24) is 9.97 Å². The molecule has 1 unspecified atom stereocenters. The highest BCUT2D eigenvalue weighted by atomic mass is 79.9. The Balaban J connectivity index is 1.52. The molecule has 0 bridgehead atoms. The predicted molar refractivity (Wildman–Crippen MR) is 138 cm³/mol. The fourth-order valence-corrected chi connectivity index (χ4v) is 5.49. The fraction of sp³-hybridized carbons (Fsp3) is 0.519. The molecule has 196 valence electrons. The van der Waals surface area contributed by atoms with Gasteiger partial charge in [-0.1, -0.05) is 6.07 Å². The van der Waals surface area contributed by atoms with Crippen LogP contribution in [0.2, 0.25) is 0 Å². The van der Waals surface area contributed by atoms with E-state index in [4.69, 9.17) is 23.9 Å². The van der Waals surface area contributed by atoms with Crippen molar-refractivity contribution in [3.8, 4) is 5.75 Å². The zero-order chi connectivity index (χ0) is 26.6. The third-order valence-electron chi connectivity index (χ3n) is 7.21. The van der Waals surface area contributed by atoms with Crippen molar-refractivity contribution < 1.29 is 28.5 Å². The molecule has 1 aromatic carbocycles. The monoisotopic (exact) mass is 571 g/mol. The number of rotatable bonds is 5. The van der Waals surface area contributed by atoms with Crippen LogP contribution in [-0.2, 0) is 31.0 Å². The summed E-state index contributed by atoms with van der Waals surface area (Å²) in [6.45, 7) is 10.6. The second-order valence-corrected chi connectivity index (χ2v) is 12.2. The molecule has 0 radical (unpaired) electrons. The molecule has 2 spiro atoms. The molecule has 1 saturated heterocycles.